The minimum atomic E-state index is -0.559. The summed E-state index contributed by atoms with van der Waals surface area (Å²) in [4.78, 5) is 28.7. The molecule has 0 atom stereocenters. The van der Waals surface area contributed by atoms with E-state index in [1.165, 1.54) is 6.07 Å². The number of amides is 2. The van der Waals surface area contributed by atoms with E-state index in [1.54, 1.807) is 36.5 Å². The summed E-state index contributed by atoms with van der Waals surface area (Å²) in [6, 6.07) is 15.6. The average molecular weight is 403 g/mol. The van der Waals surface area contributed by atoms with Gasteiger partial charge in [0, 0.05) is 17.4 Å². The third-order valence-electron chi connectivity index (χ3n) is 4.68. The molecule has 0 saturated carbocycles. The molecule has 6 nitrogen and oxygen atoms in total. The quantitative estimate of drug-likeness (QED) is 0.638. The molecule has 3 rings (SSSR count). The van der Waals surface area contributed by atoms with E-state index in [2.05, 4.69) is 31.1 Å². The van der Waals surface area contributed by atoms with Crippen LogP contribution < -0.4 is 15.8 Å². The van der Waals surface area contributed by atoms with Crippen molar-refractivity contribution in [1.29, 1.82) is 0 Å². The predicted octanol–water partition coefficient (Wildman–Crippen LogP) is 4.83. The normalized spacial score (nSPS) is 11.1. The highest BCUT2D eigenvalue weighted by Gasteiger charge is 2.20. The minimum absolute atomic E-state index is 0.118. The first-order valence-electron chi connectivity index (χ1n) is 9.60. The number of nitrogens with zero attached hydrogens (tertiary/aromatic N) is 1. The van der Waals surface area contributed by atoms with Crippen molar-refractivity contribution in [3.63, 3.8) is 0 Å². The van der Waals surface area contributed by atoms with Crippen LogP contribution in [0.4, 0.5) is 5.69 Å². The fourth-order valence-corrected chi connectivity index (χ4v) is 2.91. The van der Waals surface area contributed by atoms with Crippen molar-refractivity contribution < 1.29 is 14.3 Å². The van der Waals surface area contributed by atoms with Crippen LogP contribution >= 0.6 is 0 Å². The SMILES string of the molecule is Cc1ncccc1Oc1cc(C(C)(C)C)ccc1C(=O)Nc1cccc(C(N)=O)c1. The fraction of sp³-hybridized carbons (Fsp3) is 0.208. The van der Waals surface area contributed by atoms with E-state index in [4.69, 9.17) is 10.5 Å². The fourth-order valence-electron chi connectivity index (χ4n) is 2.91. The van der Waals surface area contributed by atoms with Gasteiger partial charge in [0.15, 0.2) is 0 Å². The van der Waals surface area contributed by atoms with Crippen LogP contribution in [0.15, 0.2) is 60.8 Å². The molecule has 0 aliphatic carbocycles. The van der Waals surface area contributed by atoms with Gasteiger partial charge >= 0.3 is 0 Å². The van der Waals surface area contributed by atoms with E-state index in [0.717, 1.165) is 11.3 Å². The van der Waals surface area contributed by atoms with Crippen molar-refractivity contribution >= 4 is 17.5 Å². The molecule has 0 spiro atoms. The van der Waals surface area contributed by atoms with Gasteiger partial charge in [-0.25, -0.2) is 0 Å². The Labute approximate surface area is 176 Å². The molecule has 2 amide bonds. The number of carbonyl (C=O) groups is 2. The first-order chi connectivity index (χ1) is 14.1. The lowest BCUT2D eigenvalue weighted by molar-refractivity contribution is 0.0995. The van der Waals surface area contributed by atoms with Crippen molar-refractivity contribution in [1.82, 2.24) is 4.98 Å². The highest BCUT2D eigenvalue weighted by atomic mass is 16.5. The van der Waals surface area contributed by atoms with Gasteiger partial charge in [-0.2, -0.15) is 0 Å². The van der Waals surface area contributed by atoms with E-state index in [1.807, 2.05) is 25.1 Å². The van der Waals surface area contributed by atoms with Crippen molar-refractivity contribution in [2.24, 2.45) is 5.73 Å². The second-order valence-corrected chi connectivity index (χ2v) is 8.05. The number of nitrogens with one attached hydrogen (secondary N) is 1. The second-order valence-electron chi connectivity index (χ2n) is 8.05. The lowest BCUT2D eigenvalue weighted by Crippen LogP contribution is -2.16. The molecule has 6 heteroatoms. The standard InChI is InChI=1S/C24H25N3O3/c1-15-20(9-6-12-26-15)30-21-14-17(24(2,3)4)10-11-19(21)23(29)27-18-8-5-7-16(13-18)22(25)28/h5-14H,1-4H3,(H2,25,28)(H,27,29). The van der Waals surface area contributed by atoms with Crippen molar-refractivity contribution in [2.75, 3.05) is 5.32 Å². The maximum Gasteiger partial charge on any atom is 0.259 e. The number of carbonyl (C=O) groups excluding carboxylic acids is 2. The molecule has 0 bridgehead atoms. The summed E-state index contributed by atoms with van der Waals surface area (Å²) in [5.74, 6) is 0.0979. The largest absolute Gasteiger partial charge is 0.455 e. The molecule has 0 saturated heterocycles. The Hall–Kier alpha value is -3.67. The van der Waals surface area contributed by atoms with Crippen LogP contribution in [0.1, 0.15) is 52.7 Å². The Morgan fingerprint density at radius 3 is 2.43 bits per heavy atom. The van der Waals surface area contributed by atoms with Gasteiger partial charge < -0.3 is 15.8 Å². The number of rotatable bonds is 5. The molecule has 0 radical (unpaired) electrons. The van der Waals surface area contributed by atoms with E-state index in [0.29, 0.717) is 28.3 Å². The van der Waals surface area contributed by atoms with Gasteiger partial charge in [0.25, 0.3) is 5.91 Å². The number of nitrogens with two attached hydrogens (primary N) is 1. The van der Waals surface area contributed by atoms with E-state index in [9.17, 15) is 9.59 Å². The van der Waals surface area contributed by atoms with Gasteiger partial charge in [0.1, 0.15) is 11.5 Å². The minimum Gasteiger partial charge on any atom is -0.455 e. The highest BCUT2D eigenvalue weighted by Crippen LogP contribution is 2.33. The number of pyridine rings is 1. The van der Waals surface area contributed by atoms with Crippen LogP contribution in [0, 0.1) is 6.92 Å². The highest BCUT2D eigenvalue weighted by molar-refractivity contribution is 6.07. The summed E-state index contributed by atoms with van der Waals surface area (Å²) < 4.78 is 6.10. The number of aromatic nitrogens is 1. The van der Waals surface area contributed by atoms with Crippen LogP contribution in [0.25, 0.3) is 0 Å². The van der Waals surface area contributed by atoms with Crippen LogP contribution in [-0.4, -0.2) is 16.8 Å². The lowest BCUT2D eigenvalue weighted by Gasteiger charge is -2.21. The van der Waals surface area contributed by atoms with Crippen molar-refractivity contribution in [3.05, 3.63) is 83.2 Å². The number of hydrogen-bond donors (Lipinski definition) is 2. The molecular formula is C24H25N3O3. The summed E-state index contributed by atoms with van der Waals surface area (Å²) >= 11 is 0. The predicted molar refractivity (Wildman–Crippen MR) is 117 cm³/mol. The lowest BCUT2D eigenvalue weighted by atomic mass is 9.86. The summed E-state index contributed by atoms with van der Waals surface area (Å²) in [7, 11) is 0. The Balaban J connectivity index is 1.98. The molecule has 0 aliphatic heterocycles. The molecule has 154 valence electrons. The number of benzene rings is 2. The van der Waals surface area contributed by atoms with Gasteiger partial charge in [-0.05, 0) is 60.4 Å². The Bertz CT molecular complexity index is 1100. The van der Waals surface area contributed by atoms with Gasteiger partial charge in [-0.15, -0.1) is 0 Å². The molecule has 3 N–H and O–H groups in total. The number of ether oxygens (including phenoxy) is 1. The topological polar surface area (TPSA) is 94.3 Å². The average Bonchev–Trinajstić information content (AvgIpc) is 2.69. The van der Waals surface area contributed by atoms with Gasteiger partial charge in [0.2, 0.25) is 5.91 Å². The summed E-state index contributed by atoms with van der Waals surface area (Å²) in [5, 5.41) is 2.81. The van der Waals surface area contributed by atoms with Crippen LogP contribution in [0.2, 0.25) is 0 Å². The molecule has 2 aromatic carbocycles. The van der Waals surface area contributed by atoms with Gasteiger partial charge in [-0.1, -0.05) is 32.9 Å². The molecule has 0 aliphatic rings. The zero-order valence-corrected chi connectivity index (χ0v) is 17.5. The van der Waals surface area contributed by atoms with E-state index in [-0.39, 0.29) is 11.3 Å². The molecular weight excluding hydrogens is 378 g/mol. The van der Waals surface area contributed by atoms with Gasteiger partial charge in [-0.3, -0.25) is 14.6 Å². The maximum atomic E-state index is 13.0. The Morgan fingerprint density at radius 1 is 1.00 bits per heavy atom. The zero-order chi connectivity index (χ0) is 21.9. The monoisotopic (exact) mass is 403 g/mol. The first kappa shape index (κ1) is 21.0. The summed E-state index contributed by atoms with van der Waals surface area (Å²) in [5.41, 5.74) is 8.13. The number of hydrogen-bond acceptors (Lipinski definition) is 4. The van der Waals surface area contributed by atoms with Crippen LogP contribution in [0.5, 0.6) is 11.5 Å². The molecule has 1 heterocycles. The van der Waals surface area contributed by atoms with Crippen molar-refractivity contribution in [2.45, 2.75) is 33.1 Å². The third-order valence-corrected chi connectivity index (χ3v) is 4.68. The second kappa shape index (κ2) is 8.37. The Morgan fingerprint density at radius 2 is 1.77 bits per heavy atom. The van der Waals surface area contributed by atoms with Crippen molar-refractivity contribution in [3.8, 4) is 11.5 Å². The zero-order valence-electron chi connectivity index (χ0n) is 17.5. The van der Waals surface area contributed by atoms with E-state index < -0.39 is 5.91 Å². The smallest absolute Gasteiger partial charge is 0.259 e. The molecule has 30 heavy (non-hydrogen) atoms. The van der Waals surface area contributed by atoms with Crippen LogP contribution in [0.3, 0.4) is 0 Å². The maximum absolute atomic E-state index is 13.0. The summed E-state index contributed by atoms with van der Waals surface area (Å²) in [6.07, 6.45) is 1.69. The molecule has 1 aromatic heterocycles. The third kappa shape index (κ3) is 4.84. The molecule has 0 unspecified atom stereocenters. The van der Waals surface area contributed by atoms with E-state index >= 15 is 0 Å². The number of anilines is 1. The molecule has 3 aromatic rings. The Kier molecular flexibility index (Phi) is 5.87. The van der Waals surface area contributed by atoms with Gasteiger partial charge in [0.05, 0.1) is 11.3 Å². The number of primary amides is 1. The number of aryl methyl sites for hydroxylation is 1. The molecule has 0 fully saturated rings. The first-order valence-corrected chi connectivity index (χ1v) is 9.60. The van der Waals surface area contributed by atoms with Crippen LogP contribution in [-0.2, 0) is 5.41 Å². The summed E-state index contributed by atoms with van der Waals surface area (Å²) in [6.45, 7) is 8.13.